The quantitative estimate of drug-likeness (QED) is 0.606. The molecule has 1 aromatic rings. The Bertz CT molecular complexity index is 351. The molecule has 0 saturated heterocycles. The molecule has 3 N–H and O–H groups in total. The number of nitrogens with zero attached hydrogens (tertiary/aromatic N) is 1. The van der Waals surface area contributed by atoms with Crippen LogP contribution in [0.5, 0.6) is 5.75 Å². The second kappa shape index (κ2) is 5.37. The molecule has 0 aliphatic rings. The van der Waals surface area contributed by atoms with E-state index in [1.807, 2.05) is 6.92 Å². The van der Waals surface area contributed by atoms with Crippen molar-refractivity contribution in [1.29, 1.82) is 0 Å². The summed E-state index contributed by atoms with van der Waals surface area (Å²) in [5.74, 6) is 0.752. The van der Waals surface area contributed by atoms with Crippen molar-refractivity contribution < 1.29 is 14.7 Å². The third-order valence-corrected chi connectivity index (χ3v) is 2.27. The minimum atomic E-state index is -0.874. The molecule has 0 aromatic heterocycles. The fourth-order valence-corrected chi connectivity index (χ4v) is 1.34. The van der Waals surface area contributed by atoms with Gasteiger partial charge in [0, 0.05) is 0 Å². The number of urea groups is 1. The van der Waals surface area contributed by atoms with Crippen molar-refractivity contribution in [3.8, 4) is 5.75 Å². The van der Waals surface area contributed by atoms with Gasteiger partial charge in [-0.3, -0.25) is 5.21 Å². The highest BCUT2D eigenvalue weighted by Gasteiger charge is 2.16. The van der Waals surface area contributed by atoms with Gasteiger partial charge in [0.2, 0.25) is 0 Å². The van der Waals surface area contributed by atoms with Crippen molar-refractivity contribution in [3.63, 3.8) is 0 Å². The van der Waals surface area contributed by atoms with Gasteiger partial charge in [-0.1, -0.05) is 12.1 Å². The Labute approximate surface area is 94.4 Å². The fourth-order valence-electron chi connectivity index (χ4n) is 1.34. The van der Waals surface area contributed by atoms with Crippen LogP contribution < -0.4 is 10.5 Å². The van der Waals surface area contributed by atoms with Crippen LogP contribution in [-0.2, 0) is 0 Å². The molecule has 0 aliphatic heterocycles. The topological polar surface area (TPSA) is 75.8 Å². The first-order valence-corrected chi connectivity index (χ1v) is 5.06. The number of rotatable bonds is 4. The third-order valence-electron chi connectivity index (χ3n) is 2.27. The normalized spacial score (nSPS) is 11.9. The van der Waals surface area contributed by atoms with Gasteiger partial charge in [0.15, 0.2) is 0 Å². The van der Waals surface area contributed by atoms with E-state index in [2.05, 4.69) is 0 Å². The van der Waals surface area contributed by atoms with Crippen molar-refractivity contribution in [1.82, 2.24) is 5.06 Å². The van der Waals surface area contributed by atoms with E-state index in [0.29, 0.717) is 11.7 Å². The average Bonchev–Trinajstić information content (AvgIpc) is 2.28. The van der Waals surface area contributed by atoms with Gasteiger partial charge in [0.05, 0.1) is 12.6 Å². The number of primary amides is 1. The summed E-state index contributed by atoms with van der Waals surface area (Å²) in [6.45, 7) is 4.18. The van der Waals surface area contributed by atoms with Gasteiger partial charge in [0.1, 0.15) is 5.75 Å². The Morgan fingerprint density at radius 2 is 2.06 bits per heavy atom. The van der Waals surface area contributed by atoms with Crippen LogP contribution in [0.25, 0.3) is 0 Å². The zero-order valence-corrected chi connectivity index (χ0v) is 9.38. The van der Waals surface area contributed by atoms with Gasteiger partial charge in [-0.05, 0) is 31.5 Å². The highest BCUT2D eigenvalue weighted by molar-refractivity contribution is 5.71. The van der Waals surface area contributed by atoms with Gasteiger partial charge in [-0.25, -0.2) is 4.79 Å². The maximum Gasteiger partial charge on any atom is 0.339 e. The molecule has 0 spiro atoms. The molecule has 16 heavy (non-hydrogen) atoms. The summed E-state index contributed by atoms with van der Waals surface area (Å²) < 4.78 is 5.28. The van der Waals surface area contributed by atoms with Crippen LogP contribution in [-0.4, -0.2) is 22.9 Å². The Kier molecular flexibility index (Phi) is 4.13. The summed E-state index contributed by atoms with van der Waals surface area (Å²) in [6, 6.07) is 5.77. The average molecular weight is 224 g/mol. The highest BCUT2D eigenvalue weighted by atomic mass is 16.5. The van der Waals surface area contributed by atoms with Crippen LogP contribution in [0, 0.1) is 0 Å². The van der Waals surface area contributed by atoms with Crippen LogP contribution in [0.1, 0.15) is 25.5 Å². The fraction of sp³-hybridized carbons (Fsp3) is 0.364. The van der Waals surface area contributed by atoms with Crippen molar-refractivity contribution in [2.24, 2.45) is 5.73 Å². The molecule has 0 bridgehead atoms. The van der Waals surface area contributed by atoms with E-state index in [0.717, 1.165) is 11.3 Å². The number of hydroxylamine groups is 2. The van der Waals surface area contributed by atoms with Crippen LogP contribution in [0.15, 0.2) is 24.3 Å². The first kappa shape index (κ1) is 12.3. The monoisotopic (exact) mass is 224 g/mol. The Balaban J connectivity index is 2.77. The second-order valence-electron chi connectivity index (χ2n) is 3.36. The van der Waals surface area contributed by atoms with Crippen molar-refractivity contribution >= 4 is 6.03 Å². The largest absolute Gasteiger partial charge is 0.494 e. The van der Waals surface area contributed by atoms with E-state index in [-0.39, 0.29) is 0 Å². The Hall–Kier alpha value is -1.75. The number of hydrogen-bond donors (Lipinski definition) is 2. The molecule has 1 unspecified atom stereocenters. The highest BCUT2D eigenvalue weighted by Crippen LogP contribution is 2.21. The van der Waals surface area contributed by atoms with Gasteiger partial charge in [-0.2, -0.15) is 5.06 Å². The number of carbonyl (C=O) groups excluding carboxylic acids is 1. The van der Waals surface area contributed by atoms with E-state index < -0.39 is 12.1 Å². The predicted octanol–water partition coefficient (Wildman–Crippen LogP) is 1.92. The summed E-state index contributed by atoms with van der Waals surface area (Å²) in [5.41, 5.74) is 5.75. The molecular weight excluding hydrogens is 208 g/mol. The molecule has 0 aliphatic carbocycles. The number of nitrogens with two attached hydrogens (primary N) is 1. The molecule has 88 valence electrons. The lowest BCUT2D eigenvalue weighted by molar-refractivity contribution is -0.0710. The molecule has 2 amide bonds. The van der Waals surface area contributed by atoms with Crippen LogP contribution in [0.4, 0.5) is 4.79 Å². The van der Waals surface area contributed by atoms with Crippen LogP contribution in [0.2, 0.25) is 0 Å². The van der Waals surface area contributed by atoms with E-state index in [4.69, 9.17) is 10.5 Å². The van der Waals surface area contributed by atoms with Gasteiger partial charge in [-0.15, -0.1) is 0 Å². The zero-order chi connectivity index (χ0) is 12.1. The van der Waals surface area contributed by atoms with E-state index in [1.165, 1.54) is 0 Å². The third kappa shape index (κ3) is 2.87. The summed E-state index contributed by atoms with van der Waals surface area (Å²) in [4.78, 5) is 10.8. The maximum absolute atomic E-state index is 10.8. The molecular formula is C11H16N2O3. The number of carbonyl (C=O) groups is 1. The molecule has 0 saturated carbocycles. The molecule has 0 heterocycles. The minimum Gasteiger partial charge on any atom is -0.494 e. The number of hydrogen-bond acceptors (Lipinski definition) is 3. The van der Waals surface area contributed by atoms with Gasteiger partial charge >= 0.3 is 6.03 Å². The lowest BCUT2D eigenvalue weighted by atomic mass is 10.1. The number of amides is 2. The summed E-state index contributed by atoms with van der Waals surface area (Å²) >= 11 is 0. The molecule has 0 fully saturated rings. The summed E-state index contributed by atoms with van der Waals surface area (Å²) in [6.07, 6.45) is 0. The summed E-state index contributed by atoms with van der Waals surface area (Å²) in [5, 5.41) is 9.84. The van der Waals surface area contributed by atoms with Gasteiger partial charge in [0.25, 0.3) is 0 Å². The van der Waals surface area contributed by atoms with Crippen LogP contribution in [0.3, 0.4) is 0 Å². The minimum absolute atomic E-state index is 0.479. The maximum atomic E-state index is 10.8. The zero-order valence-electron chi connectivity index (χ0n) is 9.38. The van der Waals surface area contributed by atoms with E-state index in [1.54, 1.807) is 31.2 Å². The van der Waals surface area contributed by atoms with E-state index >= 15 is 0 Å². The van der Waals surface area contributed by atoms with Crippen molar-refractivity contribution in [2.75, 3.05) is 6.61 Å². The Morgan fingerprint density at radius 1 is 1.50 bits per heavy atom. The second-order valence-corrected chi connectivity index (χ2v) is 3.36. The van der Waals surface area contributed by atoms with Crippen molar-refractivity contribution in [2.45, 2.75) is 19.9 Å². The molecule has 1 aromatic carbocycles. The SMILES string of the molecule is CCOc1ccc(C(C)N(O)C(N)=O)cc1. The van der Waals surface area contributed by atoms with Crippen molar-refractivity contribution in [3.05, 3.63) is 29.8 Å². The first-order valence-electron chi connectivity index (χ1n) is 5.06. The molecule has 1 rings (SSSR count). The first-order chi connectivity index (χ1) is 7.56. The molecule has 0 radical (unpaired) electrons. The number of ether oxygens (including phenoxy) is 1. The predicted molar refractivity (Wildman–Crippen MR) is 59.2 cm³/mol. The molecule has 1 atom stereocenters. The lowest BCUT2D eigenvalue weighted by Gasteiger charge is -2.20. The standard InChI is InChI=1S/C11H16N2O3/c1-3-16-10-6-4-9(5-7-10)8(2)13(15)11(12)14/h4-8,15H,3H2,1-2H3,(H2,12,14). The van der Waals surface area contributed by atoms with E-state index in [9.17, 15) is 10.0 Å². The molecule has 5 heteroatoms. The van der Waals surface area contributed by atoms with Gasteiger partial charge < -0.3 is 10.5 Å². The lowest BCUT2D eigenvalue weighted by Crippen LogP contribution is -2.34. The molecule has 5 nitrogen and oxygen atoms in total. The van der Waals surface area contributed by atoms with Crippen LogP contribution >= 0.6 is 0 Å². The Morgan fingerprint density at radius 3 is 2.50 bits per heavy atom. The number of benzene rings is 1. The smallest absolute Gasteiger partial charge is 0.339 e. The summed E-state index contributed by atoms with van der Waals surface area (Å²) in [7, 11) is 0.